The number of urea groups is 1. The van der Waals surface area contributed by atoms with Crippen LogP contribution in [0.15, 0.2) is 66.7 Å². The second kappa shape index (κ2) is 12.7. The van der Waals surface area contributed by atoms with Gasteiger partial charge < -0.3 is 20.2 Å². The lowest BCUT2D eigenvalue weighted by molar-refractivity contribution is 0.125. The van der Waals surface area contributed by atoms with Crippen LogP contribution in [0.1, 0.15) is 44.7 Å². The average Bonchev–Trinajstić information content (AvgIpc) is 3.75. The normalized spacial score (nSPS) is 15.9. The molecule has 0 atom stereocenters. The first kappa shape index (κ1) is 33.8. The third-order valence-electron chi connectivity index (χ3n) is 9.77. The van der Waals surface area contributed by atoms with Crippen molar-refractivity contribution in [3.63, 3.8) is 0 Å². The van der Waals surface area contributed by atoms with Gasteiger partial charge in [0, 0.05) is 35.2 Å². The van der Waals surface area contributed by atoms with E-state index in [0.717, 1.165) is 58.5 Å². The van der Waals surface area contributed by atoms with Crippen molar-refractivity contribution < 1.29 is 14.3 Å². The van der Waals surface area contributed by atoms with Crippen LogP contribution in [0.4, 0.5) is 31.4 Å². The number of likely N-dealkylation sites (tertiary alicyclic amines) is 1. The zero-order valence-corrected chi connectivity index (χ0v) is 31.2. The summed E-state index contributed by atoms with van der Waals surface area (Å²) in [5, 5.41) is 19.2. The van der Waals surface area contributed by atoms with Crippen molar-refractivity contribution in [2.45, 2.75) is 46.0 Å². The quantitative estimate of drug-likeness (QED) is 0.163. The molecular formula is C39H38ClFN6O2S2. The minimum Gasteiger partial charge on any atom is -0.506 e. The molecule has 1 fully saturated rings. The van der Waals surface area contributed by atoms with Gasteiger partial charge in [0.1, 0.15) is 16.6 Å². The molecule has 0 aliphatic carbocycles. The number of amides is 2. The Bertz CT molecular complexity index is 2320. The monoisotopic (exact) mass is 740 g/mol. The number of phenols is 1. The van der Waals surface area contributed by atoms with Crippen LogP contribution in [0.5, 0.6) is 5.75 Å². The summed E-state index contributed by atoms with van der Waals surface area (Å²) in [5.41, 5.74) is 5.29. The van der Waals surface area contributed by atoms with E-state index in [1.807, 2.05) is 66.4 Å². The number of thiazole rings is 2. The average molecular weight is 741 g/mol. The van der Waals surface area contributed by atoms with Crippen molar-refractivity contribution in [2.75, 3.05) is 41.7 Å². The number of aromatic hydroxyl groups is 1. The minimum absolute atomic E-state index is 0.136. The Hall–Kier alpha value is -4.29. The Morgan fingerprint density at radius 2 is 1.76 bits per heavy atom. The van der Waals surface area contributed by atoms with Crippen LogP contribution in [0, 0.1) is 18.2 Å². The number of fused-ring (bicyclic) bond motifs is 4. The summed E-state index contributed by atoms with van der Waals surface area (Å²) < 4.78 is 18.3. The molecule has 51 heavy (non-hydrogen) atoms. The number of carbonyl (C=O) groups is 1. The highest BCUT2D eigenvalue weighted by atomic mass is 35.5. The summed E-state index contributed by atoms with van der Waals surface area (Å²) in [6, 6.07) is 19.8. The maximum Gasteiger partial charge on any atom is 0.325 e. The number of benzene rings is 4. The Balaban J connectivity index is 1.20. The molecule has 8 nitrogen and oxygen atoms in total. The molecule has 12 heteroatoms. The fourth-order valence-corrected chi connectivity index (χ4v) is 9.79. The lowest BCUT2D eigenvalue weighted by Crippen LogP contribution is -2.47. The van der Waals surface area contributed by atoms with E-state index in [2.05, 4.69) is 41.3 Å². The van der Waals surface area contributed by atoms with E-state index in [9.17, 15) is 9.90 Å². The van der Waals surface area contributed by atoms with Crippen LogP contribution < -0.4 is 15.5 Å². The lowest BCUT2D eigenvalue weighted by Gasteiger charge is -2.42. The van der Waals surface area contributed by atoms with Gasteiger partial charge in [-0.25, -0.2) is 19.2 Å². The van der Waals surface area contributed by atoms with Crippen LogP contribution in [0.3, 0.4) is 0 Å². The second-order valence-electron chi connectivity index (χ2n) is 14.9. The molecule has 2 aliphatic heterocycles. The molecule has 0 saturated carbocycles. The van der Waals surface area contributed by atoms with Gasteiger partial charge >= 0.3 is 6.03 Å². The van der Waals surface area contributed by atoms with E-state index in [1.165, 1.54) is 28.7 Å². The summed E-state index contributed by atoms with van der Waals surface area (Å²) in [6.45, 7) is 11.9. The number of nitrogens with zero attached hydrogens (tertiary/aromatic N) is 4. The van der Waals surface area contributed by atoms with Gasteiger partial charge in [0.05, 0.1) is 43.1 Å². The van der Waals surface area contributed by atoms with E-state index in [4.69, 9.17) is 16.6 Å². The standard InChI is InChI=1S/C39H38ClFN6O2S2/c1-22-9-11-26-31(17-22)51-37(44-26)45-36(49)43-25-7-5-6-8-28(25)47-21-39(13-15-46(16-14-39)20-38(2,3)4)33-32(24(41)19-29(48)34(33)47)35-42-27-18-23(40)10-12-30(27)50-35/h5-12,17-19,48H,13-16,20-21H2,1-4H3,(H2,43,44,45,49). The minimum atomic E-state index is -0.508. The fraction of sp³-hybridized carbons (Fsp3) is 0.308. The summed E-state index contributed by atoms with van der Waals surface area (Å²) in [4.78, 5) is 27.4. The van der Waals surface area contributed by atoms with Crippen molar-refractivity contribution in [3.8, 4) is 16.3 Å². The van der Waals surface area contributed by atoms with Crippen LogP contribution in [-0.2, 0) is 5.41 Å². The molecule has 0 radical (unpaired) electrons. The maximum absolute atomic E-state index is 16.4. The van der Waals surface area contributed by atoms with Gasteiger partial charge in [0.2, 0.25) is 0 Å². The number of carbonyl (C=O) groups excluding carboxylic acids is 1. The molecule has 8 rings (SSSR count). The molecule has 262 valence electrons. The molecule has 2 aliphatic rings. The smallest absolute Gasteiger partial charge is 0.325 e. The van der Waals surface area contributed by atoms with Gasteiger partial charge in [-0.2, -0.15) is 0 Å². The van der Waals surface area contributed by atoms with Crippen LogP contribution in [0.2, 0.25) is 5.02 Å². The molecular weight excluding hydrogens is 703 g/mol. The van der Waals surface area contributed by atoms with E-state index >= 15 is 4.39 Å². The SMILES string of the molecule is Cc1ccc2nc(NC(=O)Nc3ccccc3N3CC4(CCN(CC(C)(C)C)CC4)c4c(-c5nc6cc(Cl)ccc6s5)c(F)cc(O)c43)sc2c1. The topological polar surface area (TPSA) is 93.6 Å². The first-order chi connectivity index (χ1) is 24.4. The Kier molecular flexibility index (Phi) is 8.45. The van der Waals surface area contributed by atoms with Crippen LogP contribution in [0.25, 0.3) is 31.0 Å². The molecule has 0 bridgehead atoms. The number of hydrogen-bond donors (Lipinski definition) is 3. The maximum atomic E-state index is 16.4. The Morgan fingerprint density at radius 3 is 2.55 bits per heavy atom. The van der Waals surface area contributed by atoms with Crippen molar-refractivity contribution in [3.05, 3.63) is 88.7 Å². The lowest BCUT2D eigenvalue weighted by atomic mass is 9.72. The molecule has 4 heterocycles. The summed E-state index contributed by atoms with van der Waals surface area (Å²) in [7, 11) is 0. The molecule has 4 aromatic carbocycles. The van der Waals surface area contributed by atoms with Gasteiger partial charge in [-0.3, -0.25) is 5.32 Å². The number of anilines is 4. The number of aromatic nitrogens is 2. The van der Waals surface area contributed by atoms with Crippen molar-refractivity contribution in [2.24, 2.45) is 5.41 Å². The fourth-order valence-electron chi connectivity index (χ4n) is 7.67. The number of rotatable bonds is 5. The van der Waals surface area contributed by atoms with Crippen molar-refractivity contribution in [1.29, 1.82) is 0 Å². The van der Waals surface area contributed by atoms with E-state index in [-0.39, 0.29) is 11.2 Å². The molecule has 0 unspecified atom stereocenters. The third-order valence-corrected chi connectivity index (χ3v) is 12.0. The number of halogens is 2. The highest BCUT2D eigenvalue weighted by molar-refractivity contribution is 7.22. The molecule has 3 N–H and O–H groups in total. The van der Waals surface area contributed by atoms with Gasteiger partial charge in [0.25, 0.3) is 0 Å². The van der Waals surface area contributed by atoms with Crippen LogP contribution >= 0.6 is 34.3 Å². The zero-order valence-electron chi connectivity index (χ0n) is 28.8. The first-order valence-corrected chi connectivity index (χ1v) is 19.0. The van der Waals surface area contributed by atoms with E-state index in [0.29, 0.717) is 49.8 Å². The van der Waals surface area contributed by atoms with Crippen molar-refractivity contribution >= 4 is 82.9 Å². The number of nitrogens with one attached hydrogen (secondary N) is 2. The number of piperidine rings is 1. The largest absolute Gasteiger partial charge is 0.506 e. The molecule has 2 aromatic heterocycles. The first-order valence-electron chi connectivity index (χ1n) is 17.0. The van der Waals surface area contributed by atoms with E-state index < -0.39 is 17.3 Å². The summed E-state index contributed by atoms with van der Waals surface area (Å²) >= 11 is 9.15. The number of para-hydroxylation sites is 2. The Labute approximate surface area is 308 Å². The molecule has 1 spiro atoms. The number of aryl methyl sites for hydroxylation is 1. The summed E-state index contributed by atoms with van der Waals surface area (Å²) in [6.07, 6.45) is 1.54. The highest BCUT2D eigenvalue weighted by Crippen LogP contribution is 2.58. The number of phenolic OH excluding ortho intramolecular Hbond substituents is 1. The predicted octanol–water partition coefficient (Wildman–Crippen LogP) is 10.6. The van der Waals surface area contributed by atoms with E-state index in [1.54, 1.807) is 6.07 Å². The predicted molar refractivity (Wildman–Crippen MR) is 209 cm³/mol. The molecule has 1 saturated heterocycles. The van der Waals surface area contributed by atoms with Gasteiger partial charge in [-0.1, -0.05) is 61.9 Å². The van der Waals surface area contributed by atoms with Gasteiger partial charge in [-0.15, -0.1) is 11.3 Å². The summed E-state index contributed by atoms with van der Waals surface area (Å²) in [5.74, 6) is -0.653. The van der Waals surface area contributed by atoms with Crippen LogP contribution in [-0.4, -0.2) is 52.2 Å². The highest BCUT2D eigenvalue weighted by Gasteiger charge is 2.49. The van der Waals surface area contributed by atoms with Gasteiger partial charge in [-0.05, 0) is 86.3 Å². The molecule has 6 aromatic rings. The van der Waals surface area contributed by atoms with Crippen molar-refractivity contribution in [1.82, 2.24) is 14.9 Å². The van der Waals surface area contributed by atoms with Gasteiger partial charge in [0.15, 0.2) is 5.13 Å². The third kappa shape index (κ3) is 6.41. The second-order valence-corrected chi connectivity index (χ2v) is 17.4. The molecule has 2 amide bonds. The zero-order chi connectivity index (χ0) is 35.7. The number of hydrogen-bond acceptors (Lipinski definition) is 8. The Morgan fingerprint density at radius 1 is 0.980 bits per heavy atom.